The highest BCUT2D eigenvalue weighted by molar-refractivity contribution is 5.93. The average molecular weight is 270 g/mol. The molecule has 2 rings (SSSR count). The first-order chi connectivity index (χ1) is 9.60. The minimum absolute atomic E-state index is 0.450. The zero-order valence-electron chi connectivity index (χ0n) is 11.4. The van der Waals surface area contributed by atoms with Crippen molar-refractivity contribution < 1.29 is 4.79 Å². The Morgan fingerprint density at radius 2 is 2.10 bits per heavy atom. The molecule has 0 aliphatic rings. The Labute approximate surface area is 118 Å². The van der Waals surface area contributed by atoms with E-state index in [-0.39, 0.29) is 0 Å². The van der Waals surface area contributed by atoms with E-state index in [0.717, 1.165) is 23.6 Å². The molecule has 5 heteroatoms. The first-order valence-electron chi connectivity index (χ1n) is 6.45. The number of rotatable bonds is 5. The summed E-state index contributed by atoms with van der Waals surface area (Å²) in [7, 11) is 0. The number of benzene rings is 1. The Bertz CT molecular complexity index is 612. The monoisotopic (exact) mass is 270 g/mol. The minimum atomic E-state index is -0.450. The van der Waals surface area contributed by atoms with E-state index in [1.165, 1.54) is 0 Å². The van der Waals surface area contributed by atoms with Gasteiger partial charge in [-0.15, -0.1) is 0 Å². The molecule has 0 saturated heterocycles. The van der Waals surface area contributed by atoms with Crippen LogP contribution in [0.4, 0.5) is 11.5 Å². The molecule has 1 amide bonds. The van der Waals surface area contributed by atoms with E-state index in [1.807, 2.05) is 31.2 Å². The number of carbonyl (C=O) groups is 1. The third-order valence-electron chi connectivity index (χ3n) is 3.06. The van der Waals surface area contributed by atoms with Crippen LogP contribution in [0.3, 0.4) is 0 Å². The number of amides is 1. The second-order valence-corrected chi connectivity index (χ2v) is 4.53. The van der Waals surface area contributed by atoms with E-state index >= 15 is 0 Å². The fourth-order valence-electron chi connectivity index (χ4n) is 2.01. The molecule has 0 atom stereocenters. The van der Waals surface area contributed by atoms with E-state index in [2.05, 4.69) is 9.88 Å². The quantitative estimate of drug-likeness (QED) is 0.811. The lowest BCUT2D eigenvalue weighted by Crippen LogP contribution is -2.24. The molecule has 5 nitrogen and oxygen atoms in total. The number of hydrogen-bond acceptors (Lipinski definition) is 4. The molecule has 0 radical (unpaired) electrons. The summed E-state index contributed by atoms with van der Waals surface area (Å²) in [5.74, 6) is 0.278. The molecule has 0 aliphatic carbocycles. The molecule has 104 valence electrons. The van der Waals surface area contributed by atoms with E-state index in [9.17, 15) is 4.79 Å². The summed E-state index contributed by atoms with van der Waals surface area (Å²) in [6.45, 7) is 3.48. The Balaban J connectivity index is 2.24. The van der Waals surface area contributed by atoms with Crippen LogP contribution in [-0.4, -0.2) is 17.4 Å². The normalized spacial score (nSPS) is 10.2. The summed E-state index contributed by atoms with van der Waals surface area (Å²) in [4.78, 5) is 17.6. The van der Waals surface area contributed by atoms with E-state index < -0.39 is 5.91 Å². The third-order valence-corrected chi connectivity index (χ3v) is 3.06. The van der Waals surface area contributed by atoms with Gasteiger partial charge in [-0.05, 0) is 36.8 Å². The highest BCUT2D eigenvalue weighted by atomic mass is 16.1. The van der Waals surface area contributed by atoms with Gasteiger partial charge in [0.25, 0.3) is 0 Å². The summed E-state index contributed by atoms with van der Waals surface area (Å²) >= 11 is 0. The summed E-state index contributed by atoms with van der Waals surface area (Å²) in [5.41, 5.74) is 13.4. The molecule has 0 saturated carbocycles. The highest BCUT2D eigenvalue weighted by Gasteiger charge is 2.09. The van der Waals surface area contributed by atoms with Gasteiger partial charge in [-0.25, -0.2) is 4.98 Å². The number of nitrogen functional groups attached to an aromatic ring is 1. The number of anilines is 2. The molecule has 0 bridgehead atoms. The first kappa shape index (κ1) is 13.9. The summed E-state index contributed by atoms with van der Waals surface area (Å²) in [6, 6.07) is 11.0. The number of pyridine rings is 1. The topological polar surface area (TPSA) is 85.2 Å². The number of nitrogens with two attached hydrogens (primary N) is 2. The van der Waals surface area contributed by atoms with Gasteiger partial charge in [0.2, 0.25) is 5.91 Å². The lowest BCUT2D eigenvalue weighted by Gasteiger charge is -2.22. The number of hydrogen-bond donors (Lipinski definition) is 2. The molecular weight excluding hydrogens is 252 g/mol. The number of nitrogens with zero attached hydrogens (tertiary/aromatic N) is 2. The highest BCUT2D eigenvalue weighted by Crippen LogP contribution is 2.17. The van der Waals surface area contributed by atoms with Crippen molar-refractivity contribution in [1.82, 2.24) is 4.98 Å². The number of aromatic nitrogens is 1. The van der Waals surface area contributed by atoms with Crippen molar-refractivity contribution in [3.05, 3.63) is 53.7 Å². The first-order valence-corrected chi connectivity index (χ1v) is 6.45. The summed E-state index contributed by atoms with van der Waals surface area (Å²) < 4.78 is 0. The Kier molecular flexibility index (Phi) is 4.20. The molecule has 0 unspecified atom stereocenters. The van der Waals surface area contributed by atoms with Gasteiger partial charge >= 0.3 is 0 Å². The van der Waals surface area contributed by atoms with Crippen molar-refractivity contribution in [3.63, 3.8) is 0 Å². The maximum absolute atomic E-state index is 11.2. The molecule has 1 aromatic carbocycles. The van der Waals surface area contributed by atoms with Crippen LogP contribution in [0.1, 0.15) is 22.8 Å². The van der Waals surface area contributed by atoms with Gasteiger partial charge in [-0.2, -0.15) is 0 Å². The van der Waals surface area contributed by atoms with Crippen LogP contribution in [0, 0.1) is 0 Å². The van der Waals surface area contributed by atoms with Crippen LogP contribution in [0.5, 0.6) is 0 Å². The zero-order chi connectivity index (χ0) is 14.5. The minimum Gasteiger partial charge on any atom is -0.399 e. The van der Waals surface area contributed by atoms with Crippen molar-refractivity contribution in [1.29, 1.82) is 0 Å². The fourth-order valence-corrected chi connectivity index (χ4v) is 2.01. The molecule has 0 aliphatic heterocycles. The van der Waals surface area contributed by atoms with E-state index in [1.54, 1.807) is 18.3 Å². The van der Waals surface area contributed by atoms with E-state index in [0.29, 0.717) is 12.1 Å². The van der Waals surface area contributed by atoms with Crippen molar-refractivity contribution >= 4 is 17.4 Å². The van der Waals surface area contributed by atoms with Gasteiger partial charge in [0, 0.05) is 30.5 Å². The predicted molar refractivity (Wildman–Crippen MR) is 80.3 cm³/mol. The Hall–Kier alpha value is -2.56. The van der Waals surface area contributed by atoms with Gasteiger partial charge in [0.15, 0.2) is 0 Å². The van der Waals surface area contributed by atoms with Crippen LogP contribution in [-0.2, 0) is 6.54 Å². The van der Waals surface area contributed by atoms with Crippen LogP contribution in [0.25, 0.3) is 0 Å². The predicted octanol–water partition coefficient (Wildman–Crippen LogP) is 1.79. The van der Waals surface area contributed by atoms with Crippen molar-refractivity contribution in [2.24, 2.45) is 5.73 Å². The Morgan fingerprint density at radius 3 is 2.75 bits per heavy atom. The third kappa shape index (κ3) is 3.26. The maximum Gasteiger partial charge on any atom is 0.248 e. The lowest BCUT2D eigenvalue weighted by atomic mass is 10.2. The Morgan fingerprint density at radius 1 is 1.30 bits per heavy atom. The average Bonchev–Trinajstić information content (AvgIpc) is 2.45. The van der Waals surface area contributed by atoms with Gasteiger partial charge in [-0.1, -0.05) is 12.1 Å². The summed E-state index contributed by atoms with van der Waals surface area (Å²) in [6.07, 6.45) is 1.59. The largest absolute Gasteiger partial charge is 0.399 e. The number of carbonyl (C=O) groups excluding carboxylic acids is 1. The van der Waals surface area contributed by atoms with Gasteiger partial charge < -0.3 is 16.4 Å². The fraction of sp³-hybridized carbons (Fsp3) is 0.200. The number of primary amides is 1. The second-order valence-electron chi connectivity index (χ2n) is 4.53. The van der Waals surface area contributed by atoms with Crippen molar-refractivity contribution in [2.75, 3.05) is 17.2 Å². The van der Waals surface area contributed by atoms with Crippen molar-refractivity contribution in [3.8, 4) is 0 Å². The van der Waals surface area contributed by atoms with Gasteiger partial charge in [0.05, 0.1) is 0 Å². The van der Waals surface area contributed by atoms with Crippen molar-refractivity contribution in [2.45, 2.75) is 13.5 Å². The van der Waals surface area contributed by atoms with E-state index in [4.69, 9.17) is 11.5 Å². The molecule has 20 heavy (non-hydrogen) atoms. The maximum atomic E-state index is 11.2. The second kappa shape index (κ2) is 6.06. The lowest BCUT2D eigenvalue weighted by molar-refractivity contribution is 0.1000. The summed E-state index contributed by atoms with van der Waals surface area (Å²) in [5, 5.41) is 0. The van der Waals surface area contributed by atoms with Gasteiger partial charge in [0.1, 0.15) is 5.82 Å². The van der Waals surface area contributed by atoms with Gasteiger partial charge in [-0.3, -0.25) is 4.79 Å². The van der Waals surface area contributed by atoms with Crippen LogP contribution in [0.2, 0.25) is 0 Å². The van der Waals surface area contributed by atoms with Crippen LogP contribution < -0.4 is 16.4 Å². The SMILES string of the molecule is CCN(Cc1cccc(N)c1)c1cc(C(N)=O)ccn1. The molecule has 4 N–H and O–H groups in total. The molecular formula is C15H18N4O. The molecule has 1 heterocycles. The molecule has 1 aromatic heterocycles. The standard InChI is InChI=1S/C15H18N4O/c1-2-19(10-11-4-3-5-13(16)8-11)14-9-12(15(17)20)6-7-18-14/h3-9H,2,10,16H2,1H3,(H2,17,20). The molecule has 0 fully saturated rings. The van der Waals surface area contributed by atoms with Crippen LogP contribution in [0.15, 0.2) is 42.6 Å². The zero-order valence-corrected chi connectivity index (χ0v) is 11.4. The van der Waals surface area contributed by atoms with Crippen LogP contribution >= 0.6 is 0 Å². The smallest absolute Gasteiger partial charge is 0.248 e. The molecule has 0 spiro atoms. The molecule has 2 aromatic rings.